The number of hydrogen-bond acceptors (Lipinski definition) is 2. The molecule has 0 aromatic heterocycles. The molecule has 120 valence electrons. The van der Waals surface area contributed by atoms with Crippen molar-refractivity contribution in [1.82, 2.24) is 10.6 Å². The van der Waals surface area contributed by atoms with E-state index < -0.39 is 5.82 Å². The van der Waals surface area contributed by atoms with Gasteiger partial charge < -0.3 is 10.6 Å². The van der Waals surface area contributed by atoms with Gasteiger partial charge in [-0.25, -0.2) is 4.39 Å². The molecule has 2 aliphatic rings. The number of carbonyl (C=O) groups is 1. The van der Waals surface area contributed by atoms with Gasteiger partial charge in [-0.2, -0.15) is 0 Å². The monoisotopic (exact) mass is 324 g/mol. The molecule has 0 spiro atoms. The molecule has 2 fully saturated rings. The highest BCUT2D eigenvalue weighted by atomic mass is 35.5. The molecule has 1 saturated heterocycles. The van der Waals surface area contributed by atoms with Gasteiger partial charge in [0.2, 0.25) is 5.91 Å². The highest BCUT2D eigenvalue weighted by molar-refractivity contribution is 6.30. The number of fused-ring (bicyclic) bond motifs is 1. The molecular weight excluding hydrogens is 303 g/mol. The van der Waals surface area contributed by atoms with E-state index in [1.807, 2.05) is 6.92 Å². The number of hydrogen-bond donors (Lipinski definition) is 2. The summed E-state index contributed by atoms with van der Waals surface area (Å²) in [6.07, 6.45) is 5.87. The molecule has 1 heterocycles. The zero-order chi connectivity index (χ0) is 15.7. The highest BCUT2D eigenvalue weighted by Crippen LogP contribution is 2.33. The van der Waals surface area contributed by atoms with Crippen LogP contribution in [0.3, 0.4) is 0 Å². The van der Waals surface area contributed by atoms with E-state index in [1.54, 1.807) is 12.1 Å². The van der Waals surface area contributed by atoms with E-state index in [4.69, 9.17) is 11.6 Å². The molecule has 1 aliphatic heterocycles. The SMILES string of the molecule is CC(NC(=O)C1CC2CCCCC2N1)c1ccc(F)c(Cl)c1. The van der Waals surface area contributed by atoms with E-state index >= 15 is 0 Å². The first-order valence-corrected chi connectivity index (χ1v) is 8.44. The van der Waals surface area contributed by atoms with E-state index in [2.05, 4.69) is 10.6 Å². The Morgan fingerprint density at radius 2 is 2.18 bits per heavy atom. The van der Waals surface area contributed by atoms with Crippen molar-refractivity contribution in [3.8, 4) is 0 Å². The van der Waals surface area contributed by atoms with Crippen LogP contribution in [-0.4, -0.2) is 18.0 Å². The quantitative estimate of drug-likeness (QED) is 0.892. The average molecular weight is 325 g/mol. The van der Waals surface area contributed by atoms with Gasteiger partial charge in [-0.1, -0.05) is 30.5 Å². The van der Waals surface area contributed by atoms with Crippen LogP contribution in [0.4, 0.5) is 4.39 Å². The van der Waals surface area contributed by atoms with Crippen molar-refractivity contribution in [2.24, 2.45) is 5.92 Å². The van der Waals surface area contributed by atoms with Crippen LogP contribution in [0, 0.1) is 11.7 Å². The lowest BCUT2D eigenvalue weighted by Crippen LogP contribution is -2.43. The molecule has 4 atom stereocenters. The van der Waals surface area contributed by atoms with Gasteiger partial charge in [0.1, 0.15) is 5.82 Å². The first-order valence-electron chi connectivity index (χ1n) is 8.06. The zero-order valence-corrected chi connectivity index (χ0v) is 13.5. The fourth-order valence-corrected chi connectivity index (χ4v) is 3.89. The van der Waals surface area contributed by atoms with Crippen LogP contribution >= 0.6 is 11.6 Å². The highest BCUT2D eigenvalue weighted by Gasteiger charge is 2.38. The number of rotatable bonds is 3. The summed E-state index contributed by atoms with van der Waals surface area (Å²) < 4.78 is 13.2. The van der Waals surface area contributed by atoms with Crippen molar-refractivity contribution in [2.45, 2.75) is 57.2 Å². The van der Waals surface area contributed by atoms with Crippen LogP contribution in [-0.2, 0) is 4.79 Å². The second-order valence-corrected chi connectivity index (χ2v) is 6.92. The van der Waals surface area contributed by atoms with Crippen LogP contribution in [0.5, 0.6) is 0 Å². The van der Waals surface area contributed by atoms with Crippen molar-refractivity contribution in [2.75, 3.05) is 0 Å². The molecule has 1 amide bonds. The Hall–Kier alpha value is -1.13. The third-order valence-corrected chi connectivity index (χ3v) is 5.27. The summed E-state index contributed by atoms with van der Waals surface area (Å²) in [6.45, 7) is 1.89. The van der Waals surface area contributed by atoms with Gasteiger partial charge in [0.05, 0.1) is 17.1 Å². The van der Waals surface area contributed by atoms with Gasteiger partial charge >= 0.3 is 0 Å². The molecule has 5 heteroatoms. The molecule has 3 nitrogen and oxygen atoms in total. The lowest BCUT2D eigenvalue weighted by atomic mass is 9.85. The summed E-state index contributed by atoms with van der Waals surface area (Å²) in [5, 5.41) is 6.57. The fourth-order valence-electron chi connectivity index (χ4n) is 3.70. The lowest BCUT2D eigenvalue weighted by molar-refractivity contribution is -0.123. The molecule has 3 rings (SSSR count). The van der Waals surface area contributed by atoms with Crippen LogP contribution in [0.25, 0.3) is 0 Å². The first kappa shape index (κ1) is 15.8. The van der Waals surface area contributed by atoms with Crippen LogP contribution in [0.15, 0.2) is 18.2 Å². The summed E-state index contributed by atoms with van der Waals surface area (Å²) in [6, 6.07) is 4.78. The minimum absolute atomic E-state index is 0.0300. The van der Waals surface area contributed by atoms with Crippen molar-refractivity contribution in [3.63, 3.8) is 0 Å². The Morgan fingerprint density at radius 3 is 2.91 bits per heavy atom. The maximum absolute atomic E-state index is 13.2. The summed E-state index contributed by atoms with van der Waals surface area (Å²) in [5.41, 5.74) is 0.815. The third kappa shape index (κ3) is 3.28. The van der Waals surface area contributed by atoms with Crippen LogP contribution in [0.2, 0.25) is 5.02 Å². The fraction of sp³-hybridized carbons (Fsp3) is 0.588. The van der Waals surface area contributed by atoms with E-state index in [9.17, 15) is 9.18 Å². The summed E-state index contributed by atoms with van der Waals surface area (Å²) in [5.74, 6) is 0.230. The Balaban J connectivity index is 1.60. The normalized spacial score (nSPS) is 29.0. The minimum atomic E-state index is -0.439. The molecule has 22 heavy (non-hydrogen) atoms. The summed E-state index contributed by atoms with van der Waals surface area (Å²) >= 11 is 5.80. The Kier molecular flexibility index (Phi) is 4.69. The van der Waals surface area contributed by atoms with Gasteiger partial charge in [0, 0.05) is 6.04 Å². The number of carbonyl (C=O) groups excluding carboxylic acids is 1. The van der Waals surface area contributed by atoms with Crippen molar-refractivity contribution in [3.05, 3.63) is 34.6 Å². The summed E-state index contributed by atoms with van der Waals surface area (Å²) in [7, 11) is 0. The first-order chi connectivity index (χ1) is 10.5. The molecule has 1 saturated carbocycles. The smallest absolute Gasteiger partial charge is 0.237 e. The summed E-state index contributed by atoms with van der Waals surface area (Å²) in [4.78, 5) is 12.4. The second-order valence-electron chi connectivity index (χ2n) is 6.51. The minimum Gasteiger partial charge on any atom is -0.348 e. The number of halogens is 2. The number of nitrogens with one attached hydrogen (secondary N) is 2. The van der Waals surface area contributed by atoms with Gasteiger partial charge in [-0.15, -0.1) is 0 Å². The van der Waals surface area contributed by atoms with E-state index in [0.29, 0.717) is 12.0 Å². The van der Waals surface area contributed by atoms with Gasteiger partial charge in [0.15, 0.2) is 0 Å². The lowest BCUT2D eigenvalue weighted by Gasteiger charge is -2.24. The largest absolute Gasteiger partial charge is 0.348 e. The zero-order valence-electron chi connectivity index (χ0n) is 12.7. The van der Waals surface area contributed by atoms with E-state index in [1.165, 1.54) is 31.7 Å². The van der Waals surface area contributed by atoms with Crippen molar-refractivity contribution >= 4 is 17.5 Å². The number of benzene rings is 1. The van der Waals surface area contributed by atoms with Crippen LogP contribution < -0.4 is 10.6 Å². The standard InChI is InChI=1S/C17H22ClFN2O/c1-10(11-6-7-14(19)13(18)8-11)20-17(22)16-9-12-4-2-3-5-15(12)21-16/h6-8,10,12,15-16,21H,2-5,9H2,1H3,(H,20,22). The molecular formula is C17H22ClFN2O. The average Bonchev–Trinajstić information content (AvgIpc) is 2.94. The van der Waals surface area contributed by atoms with Crippen LogP contribution in [0.1, 0.15) is 50.6 Å². The Labute approximate surface area is 135 Å². The predicted octanol–water partition coefficient (Wildman–Crippen LogP) is 3.58. The van der Waals surface area contributed by atoms with Crippen molar-refractivity contribution in [1.29, 1.82) is 0 Å². The van der Waals surface area contributed by atoms with Gasteiger partial charge in [-0.05, 0) is 49.8 Å². The Bertz CT molecular complexity index is 552. The maximum atomic E-state index is 13.2. The molecule has 2 N–H and O–H groups in total. The third-order valence-electron chi connectivity index (χ3n) is 4.98. The second kappa shape index (κ2) is 6.55. The maximum Gasteiger partial charge on any atom is 0.237 e. The predicted molar refractivity (Wildman–Crippen MR) is 85.3 cm³/mol. The van der Waals surface area contributed by atoms with Gasteiger partial charge in [-0.3, -0.25) is 4.79 Å². The molecule has 1 aromatic rings. The number of amides is 1. The molecule has 0 radical (unpaired) electrons. The molecule has 1 aromatic carbocycles. The van der Waals surface area contributed by atoms with Gasteiger partial charge in [0.25, 0.3) is 0 Å². The van der Waals surface area contributed by atoms with Crippen molar-refractivity contribution < 1.29 is 9.18 Å². The Morgan fingerprint density at radius 1 is 1.41 bits per heavy atom. The van der Waals surface area contributed by atoms with E-state index in [-0.39, 0.29) is 23.0 Å². The molecule has 4 unspecified atom stereocenters. The topological polar surface area (TPSA) is 41.1 Å². The molecule has 0 bridgehead atoms. The molecule has 1 aliphatic carbocycles. The van der Waals surface area contributed by atoms with E-state index in [0.717, 1.165) is 12.0 Å².